The van der Waals surface area contributed by atoms with E-state index in [4.69, 9.17) is 0 Å². The van der Waals surface area contributed by atoms with Gasteiger partial charge in [-0.1, -0.05) is 29.8 Å². The Morgan fingerprint density at radius 2 is 2.17 bits per heavy atom. The van der Waals surface area contributed by atoms with Crippen molar-refractivity contribution in [3.8, 4) is 0 Å². The molecule has 1 aliphatic rings. The molecule has 0 spiro atoms. The predicted octanol–water partition coefficient (Wildman–Crippen LogP) is 1.34. The topological polar surface area (TPSA) is 62.2 Å². The van der Waals surface area contributed by atoms with Crippen molar-refractivity contribution in [1.82, 2.24) is 20.8 Å². The summed E-state index contributed by atoms with van der Waals surface area (Å²) in [6.07, 6.45) is 4.90. The van der Waals surface area contributed by atoms with Crippen LogP contribution in [0.1, 0.15) is 23.0 Å². The maximum absolute atomic E-state index is 4.56. The van der Waals surface area contributed by atoms with E-state index in [9.17, 15) is 0 Å². The number of rotatable bonds is 2. The van der Waals surface area contributed by atoms with Gasteiger partial charge in [0.25, 0.3) is 0 Å². The summed E-state index contributed by atoms with van der Waals surface area (Å²) in [6.45, 7) is 2.07. The Kier molecular flexibility index (Phi) is 2.74. The first-order valence-corrected chi connectivity index (χ1v) is 5.75. The van der Waals surface area contributed by atoms with E-state index in [1.165, 1.54) is 5.56 Å². The number of aliphatic imine (C=N–C) groups is 1. The normalized spacial score (nSPS) is 18.3. The Labute approximate surface area is 105 Å². The minimum absolute atomic E-state index is 0.0816. The van der Waals surface area contributed by atoms with E-state index in [1.54, 1.807) is 18.6 Å². The van der Waals surface area contributed by atoms with Crippen LogP contribution in [0.2, 0.25) is 0 Å². The average molecular weight is 239 g/mol. The summed E-state index contributed by atoms with van der Waals surface area (Å²) in [5.41, 5.74) is 9.25. The van der Waals surface area contributed by atoms with Crippen molar-refractivity contribution in [2.24, 2.45) is 4.99 Å². The highest BCUT2D eigenvalue weighted by molar-refractivity contribution is 5.97. The van der Waals surface area contributed by atoms with Crippen molar-refractivity contribution < 1.29 is 0 Å². The maximum atomic E-state index is 4.56. The van der Waals surface area contributed by atoms with Crippen molar-refractivity contribution in [3.63, 3.8) is 0 Å². The third kappa shape index (κ3) is 2.08. The molecule has 0 bridgehead atoms. The second kappa shape index (κ2) is 4.54. The molecule has 0 saturated carbocycles. The van der Waals surface area contributed by atoms with E-state index < -0.39 is 0 Å². The zero-order chi connectivity index (χ0) is 12.4. The fourth-order valence-electron chi connectivity index (χ4n) is 1.88. The first-order chi connectivity index (χ1) is 8.83. The van der Waals surface area contributed by atoms with Gasteiger partial charge in [-0.2, -0.15) is 0 Å². The lowest BCUT2D eigenvalue weighted by Crippen LogP contribution is -2.32. The standard InChI is InChI=1S/C13H13N5/c1-9-3-2-4-10(7-9)12-16-13(18-17-12)11-8-14-5-6-15-11/h2-8,12,17H,1H3,(H,16,18)/t12-/m0/s1. The Balaban J connectivity index is 1.88. The van der Waals surface area contributed by atoms with Crippen LogP contribution in [0.3, 0.4) is 0 Å². The van der Waals surface area contributed by atoms with Gasteiger partial charge in [0, 0.05) is 12.4 Å². The lowest BCUT2D eigenvalue weighted by atomic mass is 10.1. The van der Waals surface area contributed by atoms with E-state index in [-0.39, 0.29) is 6.17 Å². The second-order valence-corrected chi connectivity index (χ2v) is 4.15. The van der Waals surface area contributed by atoms with Gasteiger partial charge in [-0.25, -0.2) is 15.4 Å². The third-order valence-electron chi connectivity index (χ3n) is 2.75. The summed E-state index contributed by atoms with van der Waals surface area (Å²) in [4.78, 5) is 12.8. The van der Waals surface area contributed by atoms with E-state index in [1.807, 2.05) is 6.07 Å². The lowest BCUT2D eigenvalue weighted by molar-refractivity contribution is 0.574. The molecule has 3 rings (SSSR count). The van der Waals surface area contributed by atoms with Gasteiger partial charge in [0.1, 0.15) is 11.9 Å². The number of hydrogen-bond acceptors (Lipinski definition) is 5. The number of benzene rings is 1. The highest BCUT2D eigenvalue weighted by atomic mass is 15.5. The molecule has 0 unspecified atom stereocenters. The minimum atomic E-state index is -0.0816. The van der Waals surface area contributed by atoms with Gasteiger partial charge in [-0.15, -0.1) is 0 Å². The van der Waals surface area contributed by atoms with Crippen LogP contribution in [-0.4, -0.2) is 15.8 Å². The van der Waals surface area contributed by atoms with Crippen molar-refractivity contribution in [1.29, 1.82) is 0 Å². The van der Waals surface area contributed by atoms with Crippen LogP contribution in [-0.2, 0) is 0 Å². The molecule has 0 amide bonds. The number of amidine groups is 1. The zero-order valence-electron chi connectivity index (χ0n) is 9.96. The number of nitrogens with zero attached hydrogens (tertiary/aromatic N) is 3. The van der Waals surface area contributed by atoms with Crippen molar-refractivity contribution in [3.05, 3.63) is 59.7 Å². The summed E-state index contributed by atoms with van der Waals surface area (Å²) in [5.74, 6) is 0.717. The summed E-state index contributed by atoms with van der Waals surface area (Å²) in [5, 5.41) is 0. The van der Waals surface area contributed by atoms with E-state index in [0.29, 0.717) is 0 Å². The molecule has 18 heavy (non-hydrogen) atoms. The molecule has 5 nitrogen and oxygen atoms in total. The fourth-order valence-corrected chi connectivity index (χ4v) is 1.88. The molecular formula is C13H13N5. The summed E-state index contributed by atoms with van der Waals surface area (Å²) < 4.78 is 0. The number of aryl methyl sites for hydroxylation is 1. The third-order valence-corrected chi connectivity index (χ3v) is 2.75. The van der Waals surface area contributed by atoms with Gasteiger partial charge in [0.05, 0.1) is 6.20 Å². The van der Waals surface area contributed by atoms with E-state index in [2.05, 4.69) is 50.9 Å². The molecule has 0 radical (unpaired) electrons. The van der Waals surface area contributed by atoms with Crippen LogP contribution >= 0.6 is 0 Å². The smallest absolute Gasteiger partial charge is 0.165 e. The Morgan fingerprint density at radius 1 is 1.22 bits per heavy atom. The molecule has 1 aromatic heterocycles. The van der Waals surface area contributed by atoms with Crippen LogP contribution in [0, 0.1) is 6.92 Å². The van der Waals surface area contributed by atoms with Crippen LogP contribution in [0.15, 0.2) is 47.8 Å². The van der Waals surface area contributed by atoms with E-state index >= 15 is 0 Å². The van der Waals surface area contributed by atoms with Gasteiger partial charge in [0.15, 0.2) is 5.84 Å². The molecule has 2 N–H and O–H groups in total. The Bertz CT molecular complexity index is 579. The molecular weight excluding hydrogens is 226 g/mol. The van der Waals surface area contributed by atoms with Crippen molar-refractivity contribution >= 4 is 5.84 Å². The highest BCUT2D eigenvalue weighted by Crippen LogP contribution is 2.18. The second-order valence-electron chi connectivity index (χ2n) is 4.15. The van der Waals surface area contributed by atoms with Gasteiger partial charge < -0.3 is 5.43 Å². The van der Waals surface area contributed by atoms with Gasteiger partial charge >= 0.3 is 0 Å². The maximum Gasteiger partial charge on any atom is 0.165 e. The average Bonchev–Trinajstić information content (AvgIpc) is 2.89. The van der Waals surface area contributed by atoms with Crippen LogP contribution in [0.25, 0.3) is 0 Å². The van der Waals surface area contributed by atoms with Gasteiger partial charge in [-0.05, 0) is 12.5 Å². The minimum Gasteiger partial charge on any atom is -0.302 e. The van der Waals surface area contributed by atoms with Gasteiger partial charge in [0.2, 0.25) is 0 Å². The Morgan fingerprint density at radius 3 is 2.94 bits per heavy atom. The molecule has 0 aliphatic carbocycles. The molecule has 1 aliphatic heterocycles. The number of aromatic nitrogens is 2. The van der Waals surface area contributed by atoms with Crippen LogP contribution < -0.4 is 10.9 Å². The largest absolute Gasteiger partial charge is 0.302 e. The number of hydrogen-bond donors (Lipinski definition) is 2. The molecule has 90 valence electrons. The molecule has 1 aromatic carbocycles. The monoisotopic (exact) mass is 239 g/mol. The molecule has 1 atom stereocenters. The van der Waals surface area contributed by atoms with Crippen LogP contribution in [0.5, 0.6) is 0 Å². The number of hydrazine groups is 1. The molecule has 2 heterocycles. The highest BCUT2D eigenvalue weighted by Gasteiger charge is 2.19. The molecule has 0 fully saturated rings. The summed E-state index contributed by atoms with van der Waals surface area (Å²) in [7, 11) is 0. The first-order valence-electron chi connectivity index (χ1n) is 5.75. The SMILES string of the molecule is Cc1cccc([C@H]2N=C(c3cnccn3)NN2)c1. The molecule has 0 saturated heterocycles. The van der Waals surface area contributed by atoms with Crippen molar-refractivity contribution in [2.45, 2.75) is 13.1 Å². The fraction of sp³-hybridized carbons (Fsp3) is 0.154. The summed E-state index contributed by atoms with van der Waals surface area (Å²) in [6, 6.07) is 8.26. The lowest BCUT2D eigenvalue weighted by Gasteiger charge is -2.07. The summed E-state index contributed by atoms with van der Waals surface area (Å²) >= 11 is 0. The van der Waals surface area contributed by atoms with E-state index in [0.717, 1.165) is 17.1 Å². The predicted molar refractivity (Wildman–Crippen MR) is 68.8 cm³/mol. The first kappa shape index (κ1) is 10.9. The van der Waals surface area contributed by atoms with Gasteiger partial charge in [-0.3, -0.25) is 4.98 Å². The molecule has 5 heteroatoms. The van der Waals surface area contributed by atoms with Crippen LogP contribution in [0.4, 0.5) is 0 Å². The Hall–Kier alpha value is -2.27. The zero-order valence-corrected chi connectivity index (χ0v) is 9.96. The van der Waals surface area contributed by atoms with Crippen molar-refractivity contribution in [2.75, 3.05) is 0 Å². The number of nitrogens with one attached hydrogen (secondary N) is 2. The molecule has 2 aromatic rings. The quantitative estimate of drug-likeness (QED) is 0.830.